The summed E-state index contributed by atoms with van der Waals surface area (Å²) in [5.41, 5.74) is 6.03. The monoisotopic (exact) mass is 552 g/mol. The van der Waals surface area contributed by atoms with E-state index in [0.29, 0.717) is 20.6 Å². The van der Waals surface area contributed by atoms with Crippen molar-refractivity contribution in [3.63, 3.8) is 0 Å². The fourth-order valence-corrected chi connectivity index (χ4v) is 7.12. The van der Waals surface area contributed by atoms with Crippen LogP contribution in [0.4, 0.5) is 15.8 Å². The van der Waals surface area contributed by atoms with E-state index in [-0.39, 0.29) is 22.0 Å². The minimum atomic E-state index is -0.408. The number of fused-ring (bicyclic) bond motifs is 3. The number of thiazole rings is 1. The highest BCUT2D eigenvalue weighted by Crippen LogP contribution is 2.41. The van der Waals surface area contributed by atoms with E-state index in [9.17, 15) is 19.3 Å². The van der Waals surface area contributed by atoms with E-state index in [1.807, 2.05) is 23.1 Å². The normalized spacial score (nSPS) is 18.3. The topological polar surface area (TPSA) is 80.7 Å². The maximum atomic E-state index is 13.9. The Morgan fingerprint density at radius 2 is 1.80 bits per heavy atom. The molecule has 3 aromatic carbocycles. The lowest BCUT2D eigenvalue weighted by atomic mass is 9.83. The Morgan fingerprint density at radius 3 is 2.58 bits per heavy atom. The highest BCUT2D eigenvalue weighted by atomic mass is 32.1. The van der Waals surface area contributed by atoms with Crippen molar-refractivity contribution < 1.29 is 9.31 Å². The number of anilines is 1. The van der Waals surface area contributed by atoms with Crippen LogP contribution in [0.25, 0.3) is 11.8 Å². The van der Waals surface area contributed by atoms with Crippen molar-refractivity contribution in [1.29, 1.82) is 0 Å². The summed E-state index contributed by atoms with van der Waals surface area (Å²) >= 11 is 1.27. The zero-order chi connectivity index (χ0) is 27.4. The number of benzene rings is 3. The van der Waals surface area contributed by atoms with E-state index in [0.717, 1.165) is 61.2 Å². The predicted molar refractivity (Wildman–Crippen MR) is 154 cm³/mol. The van der Waals surface area contributed by atoms with Crippen molar-refractivity contribution in [2.45, 2.75) is 31.7 Å². The molecule has 3 heterocycles. The molecule has 7 nitrogen and oxygen atoms in total. The van der Waals surface area contributed by atoms with Gasteiger partial charge in [0.15, 0.2) is 4.80 Å². The molecule has 1 aliphatic carbocycles. The van der Waals surface area contributed by atoms with E-state index >= 15 is 0 Å². The summed E-state index contributed by atoms with van der Waals surface area (Å²) in [6.45, 7) is 1.60. The molecule has 40 heavy (non-hydrogen) atoms. The summed E-state index contributed by atoms with van der Waals surface area (Å²) in [5.74, 6) is -0.335. The van der Waals surface area contributed by atoms with Crippen LogP contribution in [-0.4, -0.2) is 22.6 Å². The first-order chi connectivity index (χ1) is 19.5. The second-order valence-corrected chi connectivity index (χ2v) is 11.4. The van der Waals surface area contributed by atoms with Crippen LogP contribution in [0.1, 0.15) is 47.6 Å². The van der Waals surface area contributed by atoms with Gasteiger partial charge >= 0.3 is 0 Å². The summed E-state index contributed by atoms with van der Waals surface area (Å²) in [6.07, 6.45) is 5.32. The molecule has 3 aliphatic rings. The lowest BCUT2D eigenvalue weighted by Crippen LogP contribution is -2.38. The number of hydrogen-bond acceptors (Lipinski definition) is 6. The average Bonchev–Trinajstić information content (AvgIpc) is 3.61. The van der Waals surface area contributed by atoms with Crippen molar-refractivity contribution in [2.75, 3.05) is 18.0 Å². The molecule has 0 radical (unpaired) electrons. The molecule has 4 aromatic rings. The molecule has 1 atom stereocenters. The summed E-state index contributed by atoms with van der Waals surface area (Å²) in [5, 5.41) is 11.9. The van der Waals surface area contributed by atoms with E-state index in [1.54, 1.807) is 34.9 Å². The van der Waals surface area contributed by atoms with Crippen molar-refractivity contribution >= 4 is 34.5 Å². The molecule has 0 amide bonds. The molecule has 1 aromatic heterocycles. The Labute approximate surface area is 233 Å². The first kappa shape index (κ1) is 24.7. The van der Waals surface area contributed by atoms with Crippen LogP contribution >= 0.6 is 11.3 Å². The number of nitro groups is 1. The molecule has 0 unspecified atom stereocenters. The molecular weight excluding hydrogens is 527 g/mol. The van der Waals surface area contributed by atoms with E-state index in [1.165, 1.54) is 29.0 Å². The average molecular weight is 553 g/mol. The number of hydrogen-bond donors (Lipinski definition) is 0. The fraction of sp³-hybridized carbons (Fsp3) is 0.226. The fourth-order valence-electron chi connectivity index (χ4n) is 6.12. The molecule has 9 heteroatoms. The molecule has 0 saturated carbocycles. The minimum absolute atomic E-state index is 0.0414. The molecular formula is C31H25FN4O3S. The Kier molecular flexibility index (Phi) is 5.96. The quantitative estimate of drug-likeness (QED) is 0.265. The second kappa shape index (κ2) is 9.67. The maximum Gasteiger partial charge on any atom is 0.293 e. The van der Waals surface area contributed by atoms with Gasteiger partial charge in [-0.05, 0) is 72.2 Å². The first-order valence-electron chi connectivity index (χ1n) is 13.4. The Balaban J connectivity index is 1.40. The Morgan fingerprint density at radius 1 is 1.02 bits per heavy atom. The van der Waals surface area contributed by atoms with Crippen molar-refractivity contribution in [1.82, 2.24) is 4.57 Å². The zero-order valence-electron chi connectivity index (χ0n) is 21.5. The van der Waals surface area contributed by atoms with Crippen LogP contribution in [0.5, 0.6) is 0 Å². The Hall–Kier alpha value is -4.37. The molecule has 0 bridgehead atoms. The minimum Gasteiger partial charge on any atom is -0.366 e. The zero-order valence-corrected chi connectivity index (χ0v) is 22.4. The highest BCUT2D eigenvalue weighted by Gasteiger charge is 2.32. The number of rotatable bonds is 4. The van der Waals surface area contributed by atoms with Gasteiger partial charge in [0.2, 0.25) is 0 Å². The van der Waals surface area contributed by atoms with Gasteiger partial charge in [-0.15, -0.1) is 0 Å². The van der Waals surface area contributed by atoms with Gasteiger partial charge in [0.1, 0.15) is 11.5 Å². The second-order valence-electron chi connectivity index (χ2n) is 10.4. The van der Waals surface area contributed by atoms with Gasteiger partial charge in [-0.25, -0.2) is 9.38 Å². The number of halogens is 1. The SMILES string of the molecule is O=c1/c(=C/c2ccc(N3CCCC3)c([N+](=O)[O-])c2)sc2n1[C@H](c1ccc(F)cc1)C1=C(N=2)c2ccccc2CC1. The summed E-state index contributed by atoms with van der Waals surface area (Å²) < 4.78 is 16.0. The largest absolute Gasteiger partial charge is 0.366 e. The molecule has 1 saturated heterocycles. The van der Waals surface area contributed by atoms with Crippen LogP contribution in [0, 0.1) is 15.9 Å². The lowest BCUT2D eigenvalue weighted by molar-refractivity contribution is -0.384. The van der Waals surface area contributed by atoms with Crippen LogP contribution in [0.15, 0.2) is 82.1 Å². The first-order valence-corrected chi connectivity index (χ1v) is 14.2. The molecule has 1 fully saturated rings. The van der Waals surface area contributed by atoms with E-state index in [4.69, 9.17) is 4.99 Å². The maximum absolute atomic E-state index is 13.9. The van der Waals surface area contributed by atoms with Crippen molar-refractivity contribution in [3.05, 3.63) is 130 Å². The number of aryl methyl sites for hydroxylation is 1. The third-order valence-electron chi connectivity index (χ3n) is 8.00. The number of aromatic nitrogens is 1. The summed E-state index contributed by atoms with van der Waals surface area (Å²) in [4.78, 5) is 33.1. The van der Waals surface area contributed by atoms with E-state index in [2.05, 4.69) is 12.1 Å². The van der Waals surface area contributed by atoms with E-state index < -0.39 is 6.04 Å². The van der Waals surface area contributed by atoms with Gasteiger partial charge < -0.3 is 4.90 Å². The predicted octanol–water partition coefficient (Wildman–Crippen LogP) is 4.97. The number of nitro benzene ring substituents is 1. The van der Waals surface area contributed by atoms with Gasteiger partial charge in [-0.3, -0.25) is 19.5 Å². The molecule has 7 rings (SSSR count). The molecule has 0 spiro atoms. The van der Waals surface area contributed by atoms with Crippen LogP contribution < -0.4 is 19.8 Å². The third kappa shape index (κ3) is 4.08. The van der Waals surface area contributed by atoms with Gasteiger partial charge in [-0.1, -0.05) is 53.8 Å². The number of allylic oxidation sites excluding steroid dienone is 1. The lowest BCUT2D eigenvalue weighted by Gasteiger charge is -2.30. The summed E-state index contributed by atoms with van der Waals surface area (Å²) in [6, 6.07) is 19.2. The van der Waals surface area contributed by atoms with Gasteiger partial charge in [0.25, 0.3) is 11.2 Å². The van der Waals surface area contributed by atoms with Crippen molar-refractivity contribution in [2.24, 2.45) is 4.99 Å². The van der Waals surface area contributed by atoms with Gasteiger partial charge in [-0.2, -0.15) is 0 Å². The highest BCUT2D eigenvalue weighted by molar-refractivity contribution is 7.07. The van der Waals surface area contributed by atoms with Crippen LogP contribution in [0.2, 0.25) is 0 Å². The summed E-state index contributed by atoms with van der Waals surface area (Å²) in [7, 11) is 0. The van der Waals surface area contributed by atoms with Gasteiger partial charge in [0, 0.05) is 24.7 Å². The third-order valence-corrected chi connectivity index (χ3v) is 8.98. The molecule has 200 valence electrons. The van der Waals surface area contributed by atoms with Crippen LogP contribution in [-0.2, 0) is 6.42 Å². The number of nitrogens with zero attached hydrogens (tertiary/aromatic N) is 4. The van der Waals surface area contributed by atoms with Crippen molar-refractivity contribution in [3.8, 4) is 0 Å². The standard InChI is InChI=1S/C31H25FN4O3S/c32-22-11-8-21(9-12-22)29-24-13-10-20-5-1-2-6-23(20)28(24)33-31-35(29)30(37)27(40-31)18-19-7-14-25(26(17-19)36(38)39)34-15-3-4-16-34/h1-2,5-9,11-12,14,17-18,29H,3-4,10,13,15-16H2/b27-18-/t29-/m1/s1. The van der Waals surface area contributed by atoms with Gasteiger partial charge in [0.05, 0.1) is 21.2 Å². The molecule has 2 aliphatic heterocycles. The van der Waals surface area contributed by atoms with Crippen LogP contribution in [0.3, 0.4) is 0 Å². The Bertz CT molecular complexity index is 1880. The smallest absolute Gasteiger partial charge is 0.293 e. The molecule has 0 N–H and O–H groups in total.